The van der Waals surface area contributed by atoms with Gasteiger partial charge in [-0.15, -0.1) is 0 Å². The van der Waals surface area contributed by atoms with Crippen molar-refractivity contribution in [2.24, 2.45) is 0 Å². The van der Waals surface area contributed by atoms with Crippen LogP contribution in [0.5, 0.6) is 0 Å². The van der Waals surface area contributed by atoms with Gasteiger partial charge in [0, 0.05) is 23.0 Å². The SMILES string of the molecule is Cc1cccc(-c2nc(COC3CCCC(OCCn4c(C(=O)O)cc5cc(C#N)ccc54)C3)c(C)o2)c1. The van der Waals surface area contributed by atoms with Crippen molar-refractivity contribution < 1.29 is 23.8 Å². The first-order chi connectivity index (χ1) is 18.4. The lowest BCUT2D eigenvalue weighted by Gasteiger charge is -2.29. The van der Waals surface area contributed by atoms with Gasteiger partial charge in [-0.25, -0.2) is 9.78 Å². The smallest absolute Gasteiger partial charge is 0.352 e. The van der Waals surface area contributed by atoms with Gasteiger partial charge in [-0.05, 0) is 75.9 Å². The van der Waals surface area contributed by atoms with Crippen LogP contribution in [0.25, 0.3) is 22.4 Å². The Morgan fingerprint density at radius 3 is 2.74 bits per heavy atom. The number of fused-ring (bicyclic) bond motifs is 1. The first-order valence-corrected chi connectivity index (χ1v) is 12.9. The zero-order chi connectivity index (χ0) is 26.6. The summed E-state index contributed by atoms with van der Waals surface area (Å²) in [5, 5.41) is 19.6. The molecule has 1 aliphatic carbocycles. The van der Waals surface area contributed by atoms with Crippen molar-refractivity contribution in [3.63, 3.8) is 0 Å². The van der Waals surface area contributed by atoms with E-state index in [2.05, 4.69) is 17.1 Å². The van der Waals surface area contributed by atoms with Crippen molar-refractivity contribution in [1.29, 1.82) is 5.26 Å². The molecular formula is C30H31N3O5. The van der Waals surface area contributed by atoms with E-state index in [0.717, 1.165) is 59.2 Å². The molecule has 0 spiro atoms. The average Bonchev–Trinajstić information content (AvgIpc) is 3.47. The van der Waals surface area contributed by atoms with Crippen LogP contribution in [-0.2, 0) is 22.6 Å². The Labute approximate surface area is 221 Å². The lowest BCUT2D eigenvalue weighted by atomic mass is 9.95. The van der Waals surface area contributed by atoms with E-state index in [1.165, 1.54) is 0 Å². The van der Waals surface area contributed by atoms with Gasteiger partial charge < -0.3 is 23.6 Å². The van der Waals surface area contributed by atoms with Gasteiger partial charge in [0.2, 0.25) is 5.89 Å². The van der Waals surface area contributed by atoms with Crippen LogP contribution in [0.3, 0.4) is 0 Å². The first kappa shape index (κ1) is 25.7. The number of oxazole rings is 1. The minimum atomic E-state index is -1.00. The molecule has 8 heteroatoms. The number of aromatic nitrogens is 2. The first-order valence-electron chi connectivity index (χ1n) is 12.9. The summed E-state index contributed by atoms with van der Waals surface area (Å²) in [6, 6.07) is 17.0. The highest BCUT2D eigenvalue weighted by atomic mass is 16.5. The van der Waals surface area contributed by atoms with Crippen LogP contribution >= 0.6 is 0 Å². The van der Waals surface area contributed by atoms with Crippen LogP contribution in [0.2, 0.25) is 0 Å². The van der Waals surface area contributed by atoms with Crippen molar-refractivity contribution in [2.45, 2.75) is 64.9 Å². The molecule has 38 heavy (non-hydrogen) atoms. The molecule has 0 aliphatic heterocycles. The fourth-order valence-electron chi connectivity index (χ4n) is 5.13. The fourth-order valence-corrected chi connectivity index (χ4v) is 5.13. The summed E-state index contributed by atoms with van der Waals surface area (Å²) in [6.07, 6.45) is 3.82. The standard InChI is InChI=1S/C30H31N3O5/c1-19-5-3-6-22(13-19)29-32-26(20(2)38-29)18-37-25-8-4-7-24(16-25)36-12-11-33-27-10-9-21(17-31)14-23(27)15-28(33)30(34)35/h3,5-6,9-10,13-15,24-25H,4,7-8,11-12,16,18H2,1-2H3,(H,34,35). The number of hydrogen-bond donors (Lipinski definition) is 1. The molecule has 2 atom stereocenters. The molecule has 1 N–H and O–H groups in total. The second kappa shape index (κ2) is 11.2. The van der Waals surface area contributed by atoms with Crippen molar-refractivity contribution in [1.82, 2.24) is 9.55 Å². The van der Waals surface area contributed by atoms with Gasteiger partial charge in [-0.3, -0.25) is 0 Å². The zero-order valence-corrected chi connectivity index (χ0v) is 21.6. The minimum absolute atomic E-state index is 0.0512. The highest BCUT2D eigenvalue weighted by Gasteiger charge is 2.24. The molecule has 1 aliphatic rings. The number of rotatable bonds is 9. The van der Waals surface area contributed by atoms with E-state index in [1.807, 2.05) is 32.0 Å². The fraction of sp³-hybridized carbons (Fsp3) is 0.367. The highest BCUT2D eigenvalue weighted by Crippen LogP contribution is 2.27. The third-order valence-electron chi connectivity index (χ3n) is 7.11. The number of nitrogens with zero attached hydrogens (tertiary/aromatic N) is 3. The van der Waals surface area contributed by atoms with Crippen LogP contribution < -0.4 is 0 Å². The van der Waals surface area contributed by atoms with Crippen molar-refractivity contribution in [2.75, 3.05) is 6.61 Å². The zero-order valence-electron chi connectivity index (χ0n) is 21.6. The number of carboxylic acid groups (broad SMARTS) is 1. The van der Waals surface area contributed by atoms with E-state index in [1.54, 1.807) is 28.8 Å². The molecule has 8 nitrogen and oxygen atoms in total. The molecule has 5 rings (SSSR count). The van der Waals surface area contributed by atoms with Gasteiger partial charge in [-0.2, -0.15) is 5.26 Å². The Balaban J connectivity index is 1.16. The second-order valence-electron chi connectivity index (χ2n) is 9.86. The number of aryl methyl sites for hydroxylation is 2. The maximum absolute atomic E-state index is 11.8. The molecule has 0 amide bonds. The van der Waals surface area contributed by atoms with Crippen LogP contribution in [0, 0.1) is 25.2 Å². The molecule has 2 aromatic carbocycles. The summed E-state index contributed by atoms with van der Waals surface area (Å²) in [5.74, 6) is 0.372. The van der Waals surface area contributed by atoms with Gasteiger partial charge in [0.15, 0.2) is 0 Å². The largest absolute Gasteiger partial charge is 0.477 e. The van der Waals surface area contributed by atoms with E-state index in [-0.39, 0.29) is 17.9 Å². The average molecular weight is 514 g/mol. The molecule has 0 saturated heterocycles. The number of nitriles is 1. The maximum Gasteiger partial charge on any atom is 0.352 e. The Morgan fingerprint density at radius 2 is 1.97 bits per heavy atom. The topological polar surface area (TPSA) is 111 Å². The van der Waals surface area contributed by atoms with Crippen LogP contribution in [-0.4, -0.2) is 39.4 Å². The molecule has 2 unspecified atom stereocenters. The molecule has 196 valence electrons. The van der Waals surface area contributed by atoms with Crippen molar-refractivity contribution in [3.05, 3.63) is 76.8 Å². The maximum atomic E-state index is 11.8. The van der Waals surface area contributed by atoms with E-state index >= 15 is 0 Å². The Bertz CT molecular complexity index is 1500. The van der Waals surface area contributed by atoms with Gasteiger partial charge >= 0.3 is 5.97 Å². The van der Waals surface area contributed by atoms with Gasteiger partial charge in [-0.1, -0.05) is 17.7 Å². The summed E-state index contributed by atoms with van der Waals surface area (Å²) >= 11 is 0. The Kier molecular flexibility index (Phi) is 7.59. The van der Waals surface area contributed by atoms with Crippen LogP contribution in [0.15, 0.2) is 52.9 Å². The predicted molar refractivity (Wildman–Crippen MR) is 142 cm³/mol. The normalized spacial score (nSPS) is 17.5. The van der Waals surface area contributed by atoms with E-state index in [0.29, 0.717) is 31.2 Å². The van der Waals surface area contributed by atoms with Gasteiger partial charge in [0.05, 0.1) is 37.1 Å². The van der Waals surface area contributed by atoms with Gasteiger partial charge in [0.25, 0.3) is 0 Å². The Morgan fingerprint density at radius 1 is 1.16 bits per heavy atom. The lowest BCUT2D eigenvalue weighted by molar-refractivity contribution is -0.0523. The summed E-state index contributed by atoms with van der Waals surface area (Å²) in [7, 11) is 0. The highest BCUT2D eigenvalue weighted by molar-refractivity contribution is 5.95. The number of aromatic carboxylic acids is 1. The van der Waals surface area contributed by atoms with Crippen LogP contribution in [0.4, 0.5) is 0 Å². The molecule has 0 bridgehead atoms. The van der Waals surface area contributed by atoms with Crippen molar-refractivity contribution >= 4 is 16.9 Å². The Hall–Kier alpha value is -3.93. The van der Waals surface area contributed by atoms with E-state index in [9.17, 15) is 9.90 Å². The number of carboxylic acids is 1. The molecular weight excluding hydrogens is 482 g/mol. The third kappa shape index (κ3) is 5.64. The second-order valence-corrected chi connectivity index (χ2v) is 9.86. The molecule has 2 aromatic heterocycles. The number of benzene rings is 2. The number of hydrogen-bond acceptors (Lipinski definition) is 6. The lowest BCUT2D eigenvalue weighted by Crippen LogP contribution is -2.29. The van der Waals surface area contributed by atoms with Crippen LogP contribution in [0.1, 0.15) is 58.8 Å². The summed E-state index contributed by atoms with van der Waals surface area (Å²) in [4.78, 5) is 16.5. The quantitative estimate of drug-likeness (QED) is 0.291. The van der Waals surface area contributed by atoms with E-state index < -0.39 is 5.97 Å². The van der Waals surface area contributed by atoms with Crippen molar-refractivity contribution in [3.8, 4) is 17.5 Å². The number of ether oxygens (including phenoxy) is 2. The van der Waals surface area contributed by atoms with Gasteiger partial charge in [0.1, 0.15) is 17.1 Å². The summed E-state index contributed by atoms with van der Waals surface area (Å²) in [6.45, 7) is 5.15. The minimum Gasteiger partial charge on any atom is -0.477 e. The molecule has 2 heterocycles. The summed E-state index contributed by atoms with van der Waals surface area (Å²) < 4.78 is 20.1. The molecule has 0 radical (unpaired) electrons. The molecule has 4 aromatic rings. The monoisotopic (exact) mass is 513 g/mol. The van der Waals surface area contributed by atoms with E-state index in [4.69, 9.17) is 19.2 Å². The third-order valence-corrected chi connectivity index (χ3v) is 7.11. The summed E-state index contributed by atoms with van der Waals surface area (Å²) in [5.41, 5.74) is 4.40. The predicted octanol–water partition coefficient (Wildman–Crippen LogP) is 6.03. The molecule has 1 saturated carbocycles. The number of carbonyl (C=O) groups is 1. The molecule has 1 fully saturated rings.